The van der Waals surface area contributed by atoms with Gasteiger partial charge in [0.15, 0.2) is 0 Å². The minimum absolute atomic E-state index is 0.0540. The number of nitrogens with zero attached hydrogens (tertiary/aromatic N) is 3. The van der Waals surface area contributed by atoms with Crippen molar-refractivity contribution in [3.8, 4) is 5.75 Å². The lowest BCUT2D eigenvalue weighted by atomic mass is 9.95. The van der Waals surface area contributed by atoms with E-state index in [1.54, 1.807) is 24.3 Å². The molecule has 1 heterocycles. The van der Waals surface area contributed by atoms with E-state index in [0.29, 0.717) is 23.4 Å². The molecule has 174 valence electrons. The summed E-state index contributed by atoms with van der Waals surface area (Å²) >= 11 is 0. The van der Waals surface area contributed by atoms with Crippen LogP contribution in [0.5, 0.6) is 5.75 Å². The molecule has 1 aliphatic rings. The highest BCUT2D eigenvalue weighted by Gasteiger charge is 2.46. The maximum Gasteiger partial charge on any atom is 0.295 e. The molecule has 1 unspecified atom stereocenters. The number of aliphatic hydroxyl groups is 1. The summed E-state index contributed by atoms with van der Waals surface area (Å²) in [5, 5.41) is 22.2. The summed E-state index contributed by atoms with van der Waals surface area (Å²) in [6, 6.07) is 11.4. The maximum absolute atomic E-state index is 13.1. The zero-order valence-corrected chi connectivity index (χ0v) is 18.9. The van der Waals surface area contributed by atoms with Gasteiger partial charge in [0.1, 0.15) is 11.5 Å². The zero-order chi connectivity index (χ0) is 24.1. The van der Waals surface area contributed by atoms with Gasteiger partial charge in [-0.2, -0.15) is 0 Å². The van der Waals surface area contributed by atoms with Crippen LogP contribution >= 0.6 is 0 Å². The van der Waals surface area contributed by atoms with Crippen LogP contribution in [0.15, 0.2) is 54.1 Å². The Kier molecular flexibility index (Phi) is 7.44. The number of rotatable bonds is 9. The quantitative estimate of drug-likeness (QED) is 0.204. The molecule has 2 aromatic carbocycles. The van der Waals surface area contributed by atoms with Crippen molar-refractivity contribution in [2.45, 2.75) is 19.9 Å². The van der Waals surface area contributed by atoms with Gasteiger partial charge in [-0.15, -0.1) is 0 Å². The lowest BCUT2D eigenvalue weighted by molar-refractivity contribution is -0.384. The van der Waals surface area contributed by atoms with Crippen molar-refractivity contribution < 1.29 is 24.4 Å². The lowest BCUT2D eigenvalue weighted by Gasteiger charge is -2.28. The standard InChI is InChI=1S/C24H27N3O6/c1-4-25(5-2)13-14-26-21(16-9-11-18(12-10-16)27(31)32)20(23(29)24(26)30)22(28)17-7-6-8-19(15-17)33-3/h6-12,15,21,28H,4-5,13-14H2,1-3H3. The van der Waals surface area contributed by atoms with E-state index >= 15 is 0 Å². The van der Waals surface area contributed by atoms with Crippen LogP contribution in [0.1, 0.15) is 31.0 Å². The van der Waals surface area contributed by atoms with Gasteiger partial charge in [0, 0.05) is 30.8 Å². The Hall–Kier alpha value is -3.72. The average Bonchev–Trinajstić information content (AvgIpc) is 3.09. The van der Waals surface area contributed by atoms with Crippen LogP contribution in [0.2, 0.25) is 0 Å². The van der Waals surface area contributed by atoms with Crippen LogP contribution in [0, 0.1) is 10.1 Å². The number of Topliss-reactive ketones (excluding diaryl/α,β-unsaturated/α-hetero) is 1. The van der Waals surface area contributed by atoms with E-state index in [4.69, 9.17) is 4.74 Å². The van der Waals surface area contributed by atoms with Gasteiger partial charge < -0.3 is 19.6 Å². The molecule has 3 rings (SSSR count). The number of non-ortho nitro benzene ring substituents is 1. The summed E-state index contributed by atoms with van der Waals surface area (Å²) in [5.41, 5.74) is 0.681. The number of likely N-dealkylation sites (N-methyl/N-ethyl adjacent to an activating group) is 1. The van der Waals surface area contributed by atoms with E-state index in [-0.39, 0.29) is 23.6 Å². The molecule has 1 saturated heterocycles. The average molecular weight is 453 g/mol. The number of benzene rings is 2. The number of likely N-dealkylation sites (tertiary alicyclic amines) is 1. The van der Waals surface area contributed by atoms with E-state index in [1.165, 1.54) is 36.3 Å². The Balaban J connectivity index is 2.11. The molecule has 1 atom stereocenters. The third-order valence-electron chi connectivity index (χ3n) is 5.85. The van der Waals surface area contributed by atoms with Gasteiger partial charge in [-0.05, 0) is 42.9 Å². The maximum atomic E-state index is 13.1. The predicted molar refractivity (Wildman–Crippen MR) is 123 cm³/mol. The number of nitro benzene ring substituents is 1. The zero-order valence-electron chi connectivity index (χ0n) is 18.9. The van der Waals surface area contributed by atoms with Crippen LogP contribution in [-0.4, -0.2) is 64.8 Å². The molecule has 1 amide bonds. The van der Waals surface area contributed by atoms with Gasteiger partial charge in [0.05, 0.1) is 23.6 Å². The Morgan fingerprint density at radius 3 is 2.39 bits per heavy atom. The molecule has 9 nitrogen and oxygen atoms in total. The number of aliphatic hydroxyl groups excluding tert-OH is 1. The second kappa shape index (κ2) is 10.3. The second-order valence-corrected chi connectivity index (χ2v) is 7.60. The smallest absolute Gasteiger partial charge is 0.295 e. The summed E-state index contributed by atoms with van der Waals surface area (Å²) in [6.45, 7) is 6.40. The van der Waals surface area contributed by atoms with Crippen molar-refractivity contribution in [2.24, 2.45) is 0 Å². The molecule has 33 heavy (non-hydrogen) atoms. The molecular weight excluding hydrogens is 426 g/mol. The van der Waals surface area contributed by atoms with Gasteiger partial charge in [0.2, 0.25) is 0 Å². The number of hydrogen-bond donors (Lipinski definition) is 1. The number of methoxy groups -OCH3 is 1. The first-order valence-corrected chi connectivity index (χ1v) is 10.7. The summed E-state index contributed by atoms with van der Waals surface area (Å²) in [5.74, 6) is -1.34. The van der Waals surface area contributed by atoms with E-state index in [0.717, 1.165) is 13.1 Å². The number of carbonyl (C=O) groups is 2. The Morgan fingerprint density at radius 2 is 1.82 bits per heavy atom. The molecule has 0 saturated carbocycles. The normalized spacial score (nSPS) is 17.6. The highest BCUT2D eigenvalue weighted by molar-refractivity contribution is 6.46. The largest absolute Gasteiger partial charge is 0.507 e. The number of carbonyl (C=O) groups excluding carboxylic acids is 2. The minimum atomic E-state index is -0.868. The van der Waals surface area contributed by atoms with Crippen LogP contribution in [-0.2, 0) is 9.59 Å². The van der Waals surface area contributed by atoms with E-state index in [9.17, 15) is 24.8 Å². The summed E-state index contributed by atoms with van der Waals surface area (Å²) in [6.07, 6.45) is 0. The highest BCUT2D eigenvalue weighted by Crippen LogP contribution is 2.40. The molecule has 0 aliphatic carbocycles. The van der Waals surface area contributed by atoms with Gasteiger partial charge in [-0.25, -0.2) is 0 Å². The van der Waals surface area contributed by atoms with Gasteiger partial charge in [-0.3, -0.25) is 19.7 Å². The van der Waals surface area contributed by atoms with Crippen molar-refractivity contribution in [3.05, 3.63) is 75.3 Å². The summed E-state index contributed by atoms with van der Waals surface area (Å²) in [7, 11) is 1.49. The van der Waals surface area contributed by atoms with Crippen molar-refractivity contribution >= 4 is 23.1 Å². The van der Waals surface area contributed by atoms with Gasteiger partial charge in [0.25, 0.3) is 17.4 Å². The first kappa shape index (κ1) is 23.9. The molecule has 1 aliphatic heterocycles. The molecule has 2 aromatic rings. The number of ether oxygens (including phenoxy) is 1. The fourth-order valence-electron chi connectivity index (χ4n) is 3.95. The van der Waals surface area contributed by atoms with E-state index < -0.39 is 22.7 Å². The molecule has 9 heteroatoms. The number of hydrogen-bond acceptors (Lipinski definition) is 7. The Bertz CT molecular complexity index is 1080. The number of nitro groups is 1. The monoisotopic (exact) mass is 453 g/mol. The molecule has 0 spiro atoms. The first-order valence-electron chi connectivity index (χ1n) is 10.7. The van der Waals surface area contributed by atoms with Crippen molar-refractivity contribution in [3.63, 3.8) is 0 Å². The first-order chi connectivity index (χ1) is 15.8. The number of amides is 1. The SMILES string of the molecule is CCN(CC)CCN1C(=O)C(=O)C(=C(O)c2cccc(OC)c2)C1c1ccc([N+](=O)[O-])cc1. The van der Waals surface area contributed by atoms with Crippen LogP contribution in [0.3, 0.4) is 0 Å². The fourth-order valence-corrected chi connectivity index (χ4v) is 3.95. The van der Waals surface area contributed by atoms with Crippen molar-refractivity contribution in [2.75, 3.05) is 33.3 Å². The highest BCUT2D eigenvalue weighted by atomic mass is 16.6. The molecule has 0 radical (unpaired) electrons. The minimum Gasteiger partial charge on any atom is -0.507 e. The van der Waals surface area contributed by atoms with Crippen molar-refractivity contribution in [1.82, 2.24) is 9.80 Å². The van der Waals surface area contributed by atoms with Crippen LogP contribution in [0.4, 0.5) is 5.69 Å². The molecule has 1 N–H and O–H groups in total. The van der Waals surface area contributed by atoms with Crippen LogP contribution in [0.25, 0.3) is 5.76 Å². The third-order valence-corrected chi connectivity index (χ3v) is 5.85. The second-order valence-electron chi connectivity index (χ2n) is 7.60. The number of ketones is 1. The van der Waals surface area contributed by atoms with Crippen LogP contribution < -0.4 is 4.74 Å². The third kappa shape index (κ3) is 4.88. The van der Waals surface area contributed by atoms with E-state index in [2.05, 4.69) is 4.90 Å². The van der Waals surface area contributed by atoms with Gasteiger partial charge in [-0.1, -0.05) is 26.0 Å². The molecule has 1 fully saturated rings. The predicted octanol–water partition coefficient (Wildman–Crippen LogP) is 3.37. The topological polar surface area (TPSA) is 113 Å². The Labute approximate surface area is 192 Å². The molecule has 0 bridgehead atoms. The summed E-state index contributed by atoms with van der Waals surface area (Å²) < 4.78 is 5.21. The molecule has 0 aromatic heterocycles. The van der Waals surface area contributed by atoms with Gasteiger partial charge >= 0.3 is 0 Å². The van der Waals surface area contributed by atoms with Crippen molar-refractivity contribution in [1.29, 1.82) is 0 Å². The van der Waals surface area contributed by atoms with E-state index in [1.807, 2.05) is 13.8 Å². The fraction of sp³-hybridized carbons (Fsp3) is 0.333. The lowest BCUT2D eigenvalue weighted by Crippen LogP contribution is -2.38. The summed E-state index contributed by atoms with van der Waals surface area (Å²) in [4.78, 5) is 40.2. The Morgan fingerprint density at radius 1 is 1.15 bits per heavy atom. The molecular formula is C24H27N3O6.